The van der Waals surface area contributed by atoms with E-state index < -0.39 is 15.6 Å². The highest BCUT2D eigenvalue weighted by molar-refractivity contribution is 7.89. The SMILES string of the molecule is Cc1cc(Cl)ccc1S(=O)(=O)NCC(C)(C)N.Cl. The first-order chi connectivity index (χ1) is 7.62. The number of rotatable bonds is 4. The van der Waals surface area contributed by atoms with Crippen LogP contribution in [0.25, 0.3) is 0 Å². The van der Waals surface area contributed by atoms with Crippen molar-refractivity contribution in [2.45, 2.75) is 31.2 Å². The number of benzene rings is 1. The fraction of sp³-hybridized carbons (Fsp3) is 0.455. The van der Waals surface area contributed by atoms with Gasteiger partial charge in [-0.2, -0.15) is 0 Å². The van der Waals surface area contributed by atoms with Gasteiger partial charge >= 0.3 is 0 Å². The topological polar surface area (TPSA) is 72.2 Å². The van der Waals surface area contributed by atoms with Crippen molar-refractivity contribution in [1.82, 2.24) is 4.72 Å². The zero-order valence-corrected chi connectivity index (χ0v) is 12.9. The molecule has 7 heteroatoms. The predicted molar refractivity (Wildman–Crippen MR) is 76.9 cm³/mol. The molecule has 0 amide bonds. The van der Waals surface area contributed by atoms with Crippen LogP contribution in [-0.4, -0.2) is 20.5 Å². The zero-order valence-electron chi connectivity index (χ0n) is 10.5. The van der Waals surface area contributed by atoms with Crippen LogP contribution in [-0.2, 0) is 10.0 Å². The molecule has 0 aliphatic carbocycles. The van der Waals surface area contributed by atoms with Crippen LogP contribution in [0.3, 0.4) is 0 Å². The van der Waals surface area contributed by atoms with Crippen LogP contribution in [0, 0.1) is 6.92 Å². The van der Waals surface area contributed by atoms with Crippen LogP contribution >= 0.6 is 24.0 Å². The van der Waals surface area contributed by atoms with E-state index in [1.807, 2.05) is 0 Å². The van der Waals surface area contributed by atoms with E-state index in [1.54, 1.807) is 32.9 Å². The second-order valence-corrected chi connectivity index (χ2v) is 6.89. The Morgan fingerprint density at radius 1 is 1.39 bits per heavy atom. The molecular weight excluding hydrogens is 295 g/mol. The van der Waals surface area contributed by atoms with E-state index in [-0.39, 0.29) is 23.8 Å². The molecule has 104 valence electrons. The summed E-state index contributed by atoms with van der Waals surface area (Å²) in [5, 5.41) is 0.514. The van der Waals surface area contributed by atoms with Gasteiger partial charge in [0.25, 0.3) is 0 Å². The monoisotopic (exact) mass is 312 g/mol. The van der Waals surface area contributed by atoms with Gasteiger partial charge in [0.1, 0.15) is 0 Å². The van der Waals surface area contributed by atoms with Crippen LogP contribution in [0.15, 0.2) is 23.1 Å². The third-order valence-corrected chi connectivity index (χ3v) is 3.94. The molecular formula is C11H18Cl2N2O2S. The molecule has 0 fully saturated rings. The number of aryl methyl sites for hydroxylation is 1. The molecule has 0 bridgehead atoms. The smallest absolute Gasteiger partial charge is 0.240 e. The largest absolute Gasteiger partial charge is 0.324 e. The normalized spacial score (nSPS) is 12.1. The molecule has 1 rings (SSSR count). The zero-order chi connectivity index (χ0) is 13.3. The molecule has 0 unspecified atom stereocenters. The summed E-state index contributed by atoms with van der Waals surface area (Å²) in [4.78, 5) is 0.228. The Balaban J connectivity index is 0.00000289. The highest BCUT2D eigenvalue weighted by Gasteiger charge is 2.20. The van der Waals surface area contributed by atoms with Crippen LogP contribution in [0.1, 0.15) is 19.4 Å². The van der Waals surface area contributed by atoms with E-state index in [1.165, 1.54) is 6.07 Å². The molecule has 0 radical (unpaired) electrons. The summed E-state index contributed by atoms with van der Waals surface area (Å²) in [6, 6.07) is 4.66. The average Bonchev–Trinajstić information content (AvgIpc) is 2.13. The van der Waals surface area contributed by atoms with Gasteiger partial charge in [0.2, 0.25) is 10.0 Å². The second-order valence-electron chi connectivity index (χ2n) is 4.72. The van der Waals surface area contributed by atoms with Crippen molar-refractivity contribution in [3.05, 3.63) is 28.8 Å². The number of hydrogen-bond donors (Lipinski definition) is 2. The number of nitrogens with one attached hydrogen (secondary N) is 1. The summed E-state index contributed by atoms with van der Waals surface area (Å²) in [5.74, 6) is 0. The Morgan fingerprint density at radius 3 is 2.39 bits per heavy atom. The number of nitrogens with two attached hydrogens (primary N) is 1. The number of halogens is 2. The lowest BCUT2D eigenvalue weighted by atomic mass is 10.1. The predicted octanol–water partition coefficient (Wildman–Crippen LogP) is 2.09. The summed E-state index contributed by atoms with van der Waals surface area (Å²) >= 11 is 5.78. The van der Waals surface area contributed by atoms with Gasteiger partial charge in [-0.15, -0.1) is 12.4 Å². The minimum Gasteiger partial charge on any atom is -0.324 e. The maximum Gasteiger partial charge on any atom is 0.240 e. The van der Waals surface area contributed by atoms with Crippen LogP contribution in [0.2, 0.25) is 5.02 Å². The van der Waals surface area contributed by atoms with Crippen LogP contribution in [0.4, 0.5) is 0 Å². The fourth-order valence-electron chi connectivity index (χ4n) is 1.27. The first-order valence-corrected chi connectivity index (χ1v) is 7.03. The number of hydrogen-bond acceptors (Lipinski definition) is 3. The molecule has 0 saturated heterocycles. The summed E-state index contributed by atoms with van der Waals surface area (Å²) in [7, 11) is -3.53. The lowest BCUT2D eigenvalue weighted by Crippen LogP contribution is -2.45. The van der Waals surface area contributed by atoms with Gasteiger partial charge in [-0.1, -0.05) is 11.6 Å². The highest BCUT2D eigenvalue weighted by Crippen LogP contribution is 2.19. The molecule has 0 atom stereocenters. The Hall–Kier alpha value is -0.330. The van der Waals surface area contributed by atoms with Gasteiger partial charge < -0.3 is 5.73 Å². The van der Waals surface area contributed by atoms with E-state index in [0.717, 1.165) is 0 Å². The van der Waals surface area contributed by atoms with E-state index >= 15 is 0 Å². The summed E-state index contributed by atoms with van der Waals surface area (Å²) < 4.78 is 26.5. The van der Waals surface area contributed by atoms with Gasteiger partial charge in [-0.3, -0.25) is 0 Å². The van der Waals surface area contributed by atoms with Gasteiger partial charge in [0, 0.05) is 17.1 Å². The first-order valence-electron chi connectivity index (χ1n) is 5.16. The molecule has 1 aromatic rings. The van der Waals surface area contributed by atoms with Gasteiger partial charge in [0.15, 0.2) is 0 Å². The minimum absolute atomic E-state index is 0. The van der Waals surface area contributed by atoms with E-state index in [2.05, 4.69) is 4.72 Å². The quantitative estimate of drug-likeness (QED) is 0.894. The second kappa shape index (κ2) is 6.21. The Kier molecular flexibility index (Phi) is 6.10. The first kappa shape index (κ1) is 17.7. The third-order valence-electron chi connectivity index (χ3n) is 2.14. The van der Waals surface area contributed by atoms with E-state index in [4.69, 9.17) is 17.3 Å². The standard InChI is InChI=1S/C11H17ClN2O2S.ClH/c1-8-6-9(12)4-5-10(8)17(15,16)14-7-11(2,3)13;/h4-6,14H,7,13H2,1-3H3;1H. The van der Waals surface area contributed by atoms with Crippen molar-refractivity contribution in [1.29, 1.82) is 0 Å². The Bertz CT molecular complexity index is 510. The molecule has 4 nitrogen and oxygen atoms in total. The van der Waals surface area contributed by atoms with Crippen molar-refractivity contribution in [3.63, 3.8) is 0 Å². The van der Waals surface area contributed by atoms with Gasteiger partial charge in [0.05, 0.1) is 4.90 Å². The van der Waals surface area contributed by atoms with E-state index in [9.17, 15) is 8.42 Å². The van der Waals surface area contributed by atoms with Crippen LogP contribution < -0.4 is 10.5 Å². The molecule has 0 spiro atoms. The Morgan fingerprint density at radius 2 is 1.94 bits per heavy atom. The molecule has 1 aromatic carbocycles. The van der Waals surface area contributed by atoms with Crippen molar-refractivity contribution in [2.75, 3.05) is 6.54 Å². The fourth-order valence-corrected chi connectivity index (χ4v) is 2.95. The molecule has 0 aliphatic heterocycles. The summed E-state index contributed by atoms with van der Waals surface area (Å²) in [6.07, 6.45) is 0. The Labute approximate surface area is 119 Å². The molecule has 0 heterocycles. The van der Waals surface area contributed by atoms with Crippen molar-refractivity contribution < 1.29 is 8.42 Å². The highest BCUT2D eigenvalue weighted by atomic mass is 35.5. The maximum atomic E-state index is 12.0. The summed E-state index contributed by atoms with van der Waals surface area (Å²) in [6.45, 7) is 5.39. The van der Waals surface area contributed by atoms with Gasteiger partial charge in [-0.05, 0) is 44.5 Å². The molecule has 0 aliphatic rings. The molecule has 0 saturated carbocycles. The van der Waals surface area contributed by atoms with Gasteiger partial charge in [-0.25, -0.2) is 13.1 Å². The lowest BCUT2D eigenvalue weighted by Gasteiger charge is -2.19. The summed E-state index contributed by atoms with van der Waals surface area (Å²) in [5.41, 5.74) is 5.76. The minimum atomic E-state index is -3.53. The number of sulfonamides is 1. The average molecular weight is 313 g/mol. The molecule has 3 N–H and O–H groups in total. The van der Waals surface area contributed by atoms with Crippen LogP contribution in [0.5, 0.6) is 0 Å². The maximum absolute atomic E-state index is 12.0. The molecule has 0 aromatic heterocycles. The lowest BCUT2D eigenvalue weighted by molar-refractivity contribution is 0.497. The third kappa shape index (κ3) is 5.12. The van der Waals surface area contributed by atoms with Crippen molar-refractivity contribution in [2.24, 2.45) is 5.73 Å². The van der Waals surface area contributed by atoms with Crippen molar-refractivity contribution >= 4 is 34.0 Å². The van der Waals surface area contributed by atoms with Crippen molar-refractivity contribution in [3.8, 4) is 0 Å². The molecule has 18 heavy (non-hydrogen) atoms. The van der Waals surface area contributed by atoms with E-state index in [0.29, 0.717) is 10.6 Å².